The summed E-state index contributed by atoms with van der Waals surface area (Å²) in [6, 6.07) is 0. The van der Waals surface area contributed by atoms with Gasteiger partial charge in [-0.1, -0.05) is 78.1 Å². The highest BCUT2D eigenvalue weighted by atomic mass is 35.5. The summed E-state index contributed by atoms with van der Waals surface area (Å²) in [6.07, 6.45) is 10.3. The molecule has 7 nitrogen and oxygen atoms in total. The van der Waals surface area contributed by atoms with Gasteiger partial charge in [0.1, 0.15) is 12.2 Å². The monoisotopic (exact) mass is 590 g/mol. The van der Waals surface area contributed by atoms with Crippen LogP contribution in [0.3, 0.4) is 0 Å². The van der Waals surface area contributed by atoms with Gasteiger partial charge in [-0.25, -0.2) is 0 Å². The van der Waals surface area contributed by atoms with E-state index in [1.165, 1.54) is 51.4 Å². The van der Waals surface area contributed by atoms with Crippen LogP contribution < -0.4 is 17.7 Å². The standard InChI is InChI=1S/C29H63N2O5.2ClH/c1-10-12-14-16-18-20-22-35-26(24(3)32)29(31(7,8)9,28(5,34)30-6)27(25(4)33)36-23-21-19-17-15-13-11-2;;/h24-27,30,32-34H,10-23H2,1-9H3;2*1H/q+1;;/p-1. The molecule has 0 saturated carbocycles. The van der Waals surface area contributed by atoms with E-state index in [0.29, 0.717) is 13.2 Å². The number of nitrogens with zero attached hydrogens (tertiary/aromatic N) is 1. The van der Waals surface area contributed by atoms with E-state index in [0.717, 1.165) is 25.7 Å². The number of likely N-dealkylation sites (N-methyl/N-ethyl adjacent to an activating group) is 2. The fourth-order valence-electron chi connectivity index (χ4n) is 5.79. The molecule has 0 aromatic rings. The Morgan fingerprint density at radius 1 is 0.711 bits per heavy atom. The smallest absolute Gasteiger partial charge is 0.199 e. The van der Waals surface area contributed by atoms with Gasteiger partial charge in [-0.3, -0.25) is 5.32 Å². The van der Waals surface area contributed by atoms with Crippen LogP contribution >= 0.6 is 12.4 Å². The van der Waals surface area contributed by atoms with Gasteiger partial charge in [0.2, 0.25) is 0 Å². The van der Waals surface area contributed by atoms with Gasteiger partial charge in [0.25, 0.3) is 0 Å². The quantitative estimate of drug-likeness (QED) is 0.0827. The zero-order chi connectivity index (χ0) is 27.8. The van der Waals surface area contributed by atoms with Gasteiger partial charge in [0.05, 0.1) is 33.4 Å². The summed E-state index contributed by atoms with van der Waals surface area (Å²) in [5.41, 5.74) is -2.73. The summed E-state index contributed by atoms with van der Waals surface area (Å²) in [5.74, 6) is 0. The first-order valence-corrected chi connectivity index (χ1v) is 14.7. The molecule has 0 aromatic heterocycles. The summed E-state index contributed by atoms with van der Waals surface area (Å²) in [6.45, 7) is 10.5. The summed E-state index contributed by atoms with van der Waals surface area (Å²) >= 11 is 0. The Bertz CT molecular complexity index is 516. The van der Waals surface area contributed by atoms with Crippen molar-refractivity contribution in [2.75, 3.05) is 41.4 Å². The number of rotatable bonds is 23. The third-order valence-corrected chi connectivity index (χ3v) is 7.71. The van der Waals surface area contributed by atoms with Crippen LogP contribution in [0.4, 0.5) is 0 Å². The van der Waals surface area contributed by atoms with E-state index in [-0.39, 0.29) is 29.3 Å². The zero-order valence-corrected chi connectivity index (χ0v) is 27.7. The number of nitrogens with one attached hydrogen (secondary N) is 1. The highest BCUT2D eigenvalue weighted by molar-refractivity contribution is 5.85. The molecule has 38 heavy (non-hydrogen) atoms. The predicted molar refractivity (Wildman–Crippen MR) is 157 cm³/mol. The Morgan fingerprint density at radius 3 is 1.29 bits per heavy atom. The molecule has 0 amide bonds. The van der Waals surface area contributed by atoms with Gasteiger partial charge in [0, 0.05) is 13.2 Å². The lowest BCUT2D eigenvalue weighted by Crippen LogP contribution is -3.00. The Kier molecular flexibility index (Phi) is 24.7. The lowest BCUT2D eigenvalue weighted by molar-refractivity contribution is -0.943. The van der Waals surface area contributed by atoms with Crippen LogP contribution in [0.1, 0.15) is 112 Å². The van der Waals surface area contributed by atoms with E-state index in [1.807, 2.05) is 21.1 Å². The highest BCUT2D eigenvalue weighted by Gasteiger charge is 2.69. The predicted octanol–water partition coefficient (Wildman–Crippen LogP) is 2.04. The van der Waals surface area contributed by atoms with Crippen molar-refractivity contribution in [2.45, 2.75) is 147 Å². The molecule has 0 saturated heterocycles. The number of hydrogen-bond acceptors (Lipinski definition) is 6. The van der Waals surface area contributed by atoms with E-state index < -0.39 is 35.7 Å². The highest BCUT2D eigenvalue weighted by Crippen LogP contribution is 2.42. The summed E-state index contributed by atoms with van der Waals surface area (Å²) in [7, 11) is 7.61. The second-order valence-corrected chi connectivity index (χ2v) is 11.8. The topological polar surface area (TPSA) is 91.2 Å². The summed E-state index contributed by atoms with van der Waals surface area (Å²) < 4.78 is 13.1. The molecular weight excluding hydrogens is 527 g/mol. The first kappa shape index (κ1) is 42.8. The number of unbranched alkanes of at least 4 members (excludes halogenated alkanes) is 10. The minimum Gasteiger partial charge on any atom is -1.00 e. The Morgan fingerprint density at radius 2 is 1.03 bits per heavy atom. The van der Waals surface area contributed by atoms with Gasteiger partial charge in [0.15, 0.2) is 11.3 Å². The van der Waals surface area contributed by atoms with Crippen molar-refractivity contribution in [3.05, 3.63) is 0 Å². The molecule has 0 aliphatic carbocycles. The molecule has 0 radical (unpaired) electrons. The molecule has 0 fully saturated rings. The SMILES string of the molecule is CCCCCCCCOC(C(C)O)C(C(OCCCCCCCC)C(C)O)(C(C)(O)NC)[N+](C)(C)C.Cl.[Cl-]. The van der Waals surface area contributed by atoms with Crippen molar-refractivity contribution in [1.29, 1.82) is 0 Å². The molecule has 0 rings (SSSR count). The second-order valence-electron chi connectivity index (χ2n) is 11.8. The summed E-state index contributed by atoms with van der Waals surface area (Å²) in [4.78, 5) is 0. The van der Waals surface area contributed by atoms with E-state index in [1.54, 1.807) is 27.8 Å². The number of aliphatic hydroxyl groups excluding tert-OH is 2. The summed E-state index contributed by atoms with van der Waals surface area (Å²) in [5, 5.41) is 37.1. The van der Waals surface area contributed by atoms with Crippen LogP contribution in [-0.2, 0) is 9.47 Å². The molecular formula is C29H64Cl2N2O5. The number of quaternary nitrogens is 1. The maximum Gasteiger partial charge on any atom is 0.199 e. The Balaban J connectivity index is -0.00000612. The van der Waals surface area contributed by atoms with Gasteiger partial charge in [-0.15, -0.1) is 12.4 Å². The van der Waals surface area contributed by atoms with Crippen molar-refractivity contribution in [3.8, 4) is 0 Å². The first-order chi connectivity index (χ1) is 16.8. The minimum atomic E-state index is -1.52. The fraction of sp³-hybridized carbons (Fsp3) is 1.00. The molecule has 5 atom stereocenters. The van der Waals surface area contributed by atoms with Gasteiger partial charge in [-0.2, -0.15) is 0 Å². The van der Waals surface area contributed by atoms with Crippen molar-refractivity contribution >= 4 is 12.4 Å². The van der Waals surface area contributed by atoms with Gasteiger partial charge in [-0.05, 0) is 40.7 Å². The van der Waals surface area contributed by atoms with E-state index >= 15 is 0 Å². The minimum absolute atomic E-state index is 0. The molecule has 234 valence electrons. The average Bonchev–Trinajstić information content (AvgIpc) is 2.79. The van der Waals surface area contributed by atoms with Crippen LogP contribution in [-0.4, -0.2) is 96.9 Å². The molecule has 0 spiro atoms. The van der Waals surface area contributed by atoms with Crippen LogP contribution in [0.5, 0.6) is 0 Å². The lowest BCUT2D eigenvalue weighted by Gasteiger charge is -2.60. The van der Waals surface area contributed by atoms with E-state index in [2.05, 4.69) is 19.2 Å². The van der Waals surface area contributed by atoms with Crippen LogP contribution in [0.15, 0.2) is 0 Å². The molecule has 0 aliphatic rings. The maximum absolute atomic E-state index is 11.9. The molecule has 0 heterocycles. The van der Waals surface area contributed by atoms with Gasteiger partial charge >= 0.3 is 0 Å². The van der Waals surface area contributed by atoms with Crippen molar-refractivity contribution < 1.29 is 41.7 Å². The molecule has 5 unspecified atom stereocenters. The number of hydrogen-bond donors (Lipinski definition) is 4. The third-order valence-electron chi connectivity index (χ3n) is 7.71. The second kappa shape index (κ2) is 22.0. The van der Waals surface area contributed by atoms with Crippen molar-refractivity contribution in [2.24, 2.45) is 0 Å². The van der Waals surface area contributed by atoms with E-state index in [9.17, 15) is 15.3 Å². The molecule has 9 heteroatoms. The maximum atomic E-state index is 11.9. The third kappa shape index (κ3) is 12.9. The lowest BCUT2D eigenvalue weighted by atomic mass is 9.70. The van der Waals surface area contributed by atoms with Crippen molar-refractivity contribution in [1.82, 2.24) is 5.32 Å². The van der Waals surface area contributed by atoms with Crippen LogP contribution in [0.25, 0.3) is 0 Å². The molecule has 4 N–H and O–H groups in total. The van der Waals surface area contributed by atoms with E-state index in [4.69, 9.17) is 9.47 Å². The largest absolute Gasteiger partial charge is 1.00 e. The first-order valence-electron chi connectivity index (χ1n) is 14.7. The van der Waals surface area contributed by atoms with Crippen LogP contribution in [0.2, 0.25) is 0 Å². The van der Waals surface area contributed by atoms with Crippen molar-refractivity contribution in [3.63, 3.8) is 0 Å². The zero-order valence-electron chi connectivity index (χ0n) is 26.1. The normalized spacial score (nSPS) is 18.3. The molecule has 0 bridgehead atoms. The Hall–Kier alpha value is 0.300. The molecule has 0 aromatic carbocycles. The average molecular weight is 592 g/mol. The van der Waals surface area contributed by atoms with Crippen LogP contribution in [0, 0.1) is 0 Å². The number of ether oxygens (including phenoxy) is 2. The number of aliphatic hydroxyl groups is 3. The molecule has 0 aliphatic heterocycles. The fourth-order valence-corrected chi connectivity index (χ4v) is 5.79. The van der Waals surface area contributed by atoms with Gasteiger partial charge < -0.3 is 41.7 Å². The number of halogens is 2. The Labute approximate surface area is 247 Å².